The molecule has 1 heterocycles. The van der Waals surface area contributed by atoms with Gasteiger partial charge in [0.2, 0.25) is 0 Å². The van der Waals surface area contributed by atoms with E-state index in [9.17, 15) is 0 Å². The number of thioether (sulfide) groups is 1. The lowest BCUT2D eigenvalue weighted by Gasteiger charge is -2.24. The summed E-state index contributed by atoms with van der Waals surface area (Å²) in [4.78, 5) is 0. The van der Waals surface area contributed by atoms with E-state index in [1.54, 1.807) is 0 Å². The van der Waals surface area contributed by atoms with Crippen molar-refractivity contribution in [2.75, 3.05) is 16.8 Å². The summed E-state index contributed by atoms with van der Waals surface area (Å²) in [6.45, 7) is 0. The number of benzene rings is 1. The second-order valence-corrected chi connectivity index (χ2v) is 6.65. The first-order valence-corrected chi connectivity index (χ1v) is 7.79. The van der Waals surface area contributed by atoms with Crippen LogP contribution in [0.4, 0.5) is 5.69 Å². The Kier molecular flexibility index (Phi) is 4.40. The monoisotopic (exact) mass is 349 g/mol. The van der Waals surface area contributed by atoms with Crippen LogP contribution in [0.1, 0.15) is 12.8 Å². The van der Waals surface area contributed by atoms with Gasteiger partial charge in [0, 0.05) is 20.7 Å². The summed E-state index contributed by atoms with van der Waals surface area (Å²) in [5, 5.41) is 3.60. The van der Waals surface area contributed by atoms with E-state index in [0.29, 0.717) is 6.04 Å². The molecule has 0 amide bonds. The largest absolute Gasteiger partial charge is 0.381 e. The van der Waals surface area contributed by atoms with E-state index >= 15 is 0 Å². The van der Waals surface area contributed by atoms with Gasteiger partial charge in [0.15, 0.2) is 0 Å². The summed E-state index contributed by atoms with van der Waals surface area (Å²) in [6, 6.07) is 6.89. The van der Waals surface area contributed by atoms with Crippen molar-refractivity contribution >= 4 is 49.3 Å². The molecule has 1 fully saturated rings. The molecule has 1 aromatic carbocycles. The van der Waals surface area contributed by atoms with Crippen molar-refractivity contribution < 1.29 is 0 Å². The molecule has 0 aromatic heterocycles. The van der Waals surface area contributed by atoms with Gasteiger partial charge in [0.1, 0.15) is 0 Å². The average Bonchev–Trinajstić information content (AvgIpc) is 2.25. The zero-order chi connectivity index (χ0) is 10.7. The Morgan fingerprint density at radius 1 is 1.20 bits per heavy atom. The maximum Gasteiger partial charge on any atom is 0.0498 e. The van der Waals surface area contributed by atoms with E-state index in [2.05, 4.69) is 61.1 Å². The molecule has 15 heavy (non-hydrogen) atoms. The first-order chi connectivity index (χ1) is 7.25. The fraction of sp³-hybridized carbons (Fsp3) is 0.455. The molecule has 0 spiro atoms. The van der Waals surface area contributed by atoms with Gasteiger partial charge in [-0.2, -0.15) is 11.8 Å². The lowest BCUT2D eigenvalue weighted by molar-refractivity contribution is 0.666. The van der Waals surface area contributed by atoms with Crippen LogP contribution in [-0.4, -0.2) is 17.5 Å². The lowest BCUT2D eigenvalue weighted by atomic mass is 10.1. The van der Waals surface area contributed by atoms with Gasteiger partial charge < -0.3 is 5.32 Å². The van der Waals surface area contributed by atoms with Crippen LogP contribution >= 0.6 is 43.6 Å². The highest BCUT2D eigenvalue weighted by molar-refractivity contribution is 9.11. The Bertz CT molecular complexity index is 337. The molecule has 1 aliphatic rings. The Balaban J connectivity index is 2.05. The van der Waals surface area contributed by atoms with Gasteiger partial charge in [-0.15, -0.1) is 0 Å². The molecule has 1 N–H and O–H groups in total. The molecule has 1 saturated heterocycles. The average molecular weight is 351 g/mol. The molecule has 1 aromatic rings. The van der Waals surface area contributed by atoms with Crippen LogP contribution in [0.2, 0.25) is 0 Å². The minimum absolute atomic E-state index is 0.636. The molecule has 0 aliphatic carbocycles. The molecular formula is C11H13Br2NS. The quantitative estimate of drug-likeness (QED) is 0.841. The molecule has 82 valence electrons. The standard InChI is InChI=1S/C11H13Br2NS/c12-8-1-2-10(13)11(7-8)14-9-3-5-15-6-4-9/h1-2,7,9,14H,3-6H2. The maximum absolute atomic E-state index is 3.60. The van der Waals surface area contributed by atoms with Crippen LogP contribution in [0.15, 0.2) is 27.1 Å². The van der Waals surface area contributed by atoms with Crippen molar-refractivity contribution in [3.8, 4) is 0 Å². The predicted molar refractivity (Wildman–Crippen MR) is 75.8 cm³/mol. The molecule has 4 heteroatoms. The van der Waals surface area contributed by atoms with Crippen molar-refractivity contribution in [3.05, 3.63) is 27.1 Å². The van der Waals surface area contributed by atoms with E-state index in [1.807, 2.05) is 6.07 Å². The van der Waals surface area contributed by atoms with Crippen molar-refractivity contribution in [1.29, 1.82) is 0 Å². The van der Waals surface area contributed by atoms with Gasteiger partial charge >= 0.3 is 0 Å². The highest BCUT2D eigenvalue weighted by Gasteiger charge is 2.14. The van der Waals surface area contributed by atoms with Gasteiger partial charge in [-0.1, -0.05) is 15.9 Å². The molecule has 0 atom stereocenters. The zero-order valence-corrected chi connectivity index (χ0v) is 12.3. The van der Waals surface area contributed by atoms with Gasteiger partial charge in [0.05, 0.1) is 0 Å². The molecule has 0 bridgehead atoms. The minimum Gasteiger partial charge on any atom is -0.381 e. The van der Waals surface area contributed by atoms with Gasteiger partial charge in [-0.05, 0) is 58.5 Å². The maximum atomic E-state index is 3.60. The van der Waals surface area contributed by atoms with Crippen LogP contribution in [0.5, 0.6) is 0 Å². The smallest absolute Gasteiger partial charge is 0.0498 e. The lowest BCUT2D eigenvalue weighted by Crippen LogP contribution is -2.24. The Morgan fingerprint density at radius 2 is 1.93 bits per heavy atom. The van der Waals surface area contributed by atoms with Crippen LogP contribution in [0.3, 0.4) is 0 Å². The third-order valence-electron chi connectivity index (χ3n) is 2.51. The number of rotatable bonds is 2. The highest BCUT2D eigenvalue weighted by atomic mass is 79.9. The summed E-state index contributed by atoms with van der Waals surface area (Å²) >= 11 is 9.12. The SMILES string of the molecule is Brc1ccc(Br)c(NC2CCSCC2)c1. The van der Waals surface area contributed by atoms with E-state index in [4.69, 9.17) is 0 Å². The molecule has 2 rings (SSSR count). The minimum atomic E-state index is 0.636. The van der Waals surface area contributed by atoms with Crippen LogP contribution in [0.25, 0.3) is 0 Å². The van der Waals surface area contributed by atoms with Crippen molar-refractivity contribution in [1.82, 2.24) is 0 Å². The number of nitrogens with one attached hydrogen (secondary N) is 1. The molecule has 0 radical (unpaired) electrons. The van der Waals surface area contributed by atoms with Crippen LogP contribution < -0.4 is 5.32 Å². The van der Waals surface area contributed by atoms with Gasteiger partial charge in [-0.25, -0.2) is 0 Å². The first kappa shape index (κ1) is 11.8. The number of hydrogen-bond donors (Lipinski definition) is 1. The number of anilines is 1. The van der Waals surface area contributed by atoms with Crippen LogP contribution in [0, 0.1) is 0 Å². The molecular weight excluding hydrogens is 338 g/mol. The fourth-order valence-electron chi connectivity index (χ4n) is 1.67. The van der Waals surface area contributed by atoms with Crippen molar-refractivity contribution in [2.24, 2.45) is 0 Å². The highest BCUT2D eigenvalue weighted by Crippen LogP contribution is 2.29. The van der Waals surface area contributed by atoms with Gasteiger partial charge in [0.25, 0.3) is 0 Å². The van der Waals surface area contributed by atoms with E-state index in [-0.39, 0.29) is 0 Å². The predicted octanol–water partition coefficient (Wildman–Crippen LogP) is 4.52. The molecule has 0 saturated carbocycles. The van der Waals surface area contributed by atoms with E-state index in [1.165, 1.54) is 30.0 Å². The summed E-state index contributed by atoms with van der Waals surface area (Å²) in [5.74, 6) is 2.56. The third-order valence-corrected chi connectivity index (χ3v) is 4.74. The van der Waals surface area contributed by atoms with Crippen molar-refractivity contribution in [2.45, 2.75) is 18.9 Å². The van der Waals surface area contributed by atoms with Crippen LogP contribution in [-0.2, 0) is 0 Å². The zero-order valence-electron chi connectivity index (χ0n) is 8.30. The fourth-order valence-corrected chi connectivity index (χ4v) is 3.50. The summed E-state index contributed by atoms with van der Waals surface area (Å²) in [5.41, 5.74) is 1.20. The summed E-state index contributed by atoms with van der Waals surface area (Å²) in [7, 11) is 0. The molecule has 0 unspecified atom stereocenters. The Labute approximate surface area is 112 Å². The molecule has 1 aliphatic heterocycles. The van der Waals surface area contributed by atoms with Crippen molar-refractivity contribution in [3.63, 3.8) is 0 Å². The topological polar surface area (TPSA) is 12.0 Å². The van der Waals surface area contributed by atoms with E-state index in [0.717, 1.165) is 8.95 Å². The second kappa shape index (κ2) is 5.60. The second-order valence-electron chi connectivity index (χ2n) is 3.66. The normalized spacial score (nSPS) is 17.7. The Hall–Kier alpha value is 0.330. The van der Waals surface area contributed by atoms with Gasteiger partial charge in [-0.3, -0.25) is 0 Å². The number of hydrogen-bond acceptors (Lipinski definition) is 2. The Morgan fingerprint density at radius 3 is 2.67 bits per heavy atom. The summed E-state index contributed by atoms with van der Waals surface area (Å²) < 4.78 is 2.27. The third kappa shape index (κ3) is 3.40. The first-order valence-electron chi connectivity index (χ1n) is 5.05. The number of halogens is 2. The summed E-state index contributed by atoms with van der Waals surface area (Å²) in [6.07, 6.45) is 2.53. The molecule has 1 nitrogen and oxygen atoms in total. The van der Waals surface area contributed by atoms with E-state index < -0.39 is 0 Å².